The summed E-state index contributed by atoms with van der Waals surface area (Å²) in [5.41, 5.74) is 2.18. The van der Waals surface area contributed by atoms with Crippen molar-refractivity contribution in [2.24, 2.45) is 5.92 Å². The highest BCUT2D eigenvalue weighted by Crippen LogP contribution is 2.35. The third-order valence-electron chi connectivity index (χ3n) is 5.71. The van der Waals surface area contributed by atoms with Gasteiger partial charge in [0.15, 0.2) is 0 Å². The molecular formula is C24H28N2O3. The highest BCUT2D eigenvalue weighted by molar-refractivity contribution is 6.01. The van der Waals surface area contributed by atoms with Crippen molar-refractivity contribution in [3.8, 4) is 11.1 Å². The summed E-state index contributed by atoms with van der Waals surface area (Å²) in [5.74, 6) is 0.498. The average Bonchev–Trinajstić information content (AvgIpc) is 2.68. The predicted octanol–water partition coefficient (Wildman–Crippen LogP) is 4.44. The maximum Gasteiger partial charge on any atom is 0.410 e. The summed E-state index contributed by atoms with van der Waals surface area (Å²) in [4.78, 5) is 29.5. The number of hydrogen-bond acceptors (Lipinski definition) is 3. The van der Waals surface area contributed by atoms with Gasteiger partial charge in [-0.15, -0.1) is 0 Å². The van der Waals surface area contributed by atoms with Crippen LogP contribution in [-0.4, -0.2) is 53.1 Å². The number of ether oxygens (including phenoxy) is 1. The Morgan fingerprint density at radius 2 is 1.66 bits per heavy atom. The zero-order chi connectivity index (χ0) is 20.6. The highest BCUT2D eigenvalue weighted by atomic mass is 16.6. The summed E-state index contributed by atoms with van der Waals surface area (Å²) in [6.07, 6.45) is 0.619. The zero-order valence-electron chi connectivity index (χ0n) is 17.3. The quantitative estimate of drug-likeness (QED) is 0.759. The molecule has 2 aromatic rings. The number of hydrogen-bond donors (Lipinski definition) is 0. The van der Waals surface area contributed by atoms with Crippen LogP contribution in [0.1, 0.15) is 37.6 Å². The van der Waals surface area contributed by atoms with Gasteiger partial charge in [-0.3, -0.25) is 4.79 Å². The Balaban J connectivity index is 1.51. The van der Waals surface area contributed by atoms with Crippen molar-refractivity contribution in [2.75, 3.05) is 19.6 Å². The Kier molecular flexibility index (Phi) is 5.07. The molecule has 0 radical (unpaired) electrons. The van der Waals surface area contributed by atoms with Crippen LogP contribution >= 0.6 is 0 Å². The third-order valence-corrected chi connectivity index (χ3v) is 5.71. The van der Waals surface area contributed by atoms with Crippen LogP contribution in [0.15, 0.2) is 54.6 Å². The highest BCUT2D eigenvalue weighted by Gasteiger charge is 2.46. The molecule has 0 bridgehead atoms. The standard InChI is InChI=1S/C24H28N2O3/c1-24(2,3)29-23(28)25-14-13-18-15-26(21(18)16-25)22(27)20-12-8-7-11-19(20)17-9-5-4-6-10-17/h4-12,18,21H,13-16H2,1-3H3. The van der Waals surface area contributed by atoms with E-state index in [1.807, 2.05) is 80.3 Å². The van der Waals surface area contributed by atoms with E-state index in [2.05, 4.69) is 0 Å². The molecule has 0 aliphatic carbocycles. The molecule has 29 heavy (non-hydrogen) atoms. The summed E-state index contributed by atoms with van der Waals surface area (Å²) in [6, 6.07) is 17.8. The van der Waals surface area contributed by atoms with Crippen LogP contribution in [0.5, 0.6) is 0 Å². The predicted molar refractivity (Wildman–Crippen MR) is 113 cm³/mol. The third kappa shape index (κ3) is 4.00. The number of carbonyl (C=O) groups is 2. The van der Waals surface area contributed by atoms with Gasteiger partial charge in [0.1, 0.15) is 5.60 Å². The minimum atomic E-state index is -0.516. The van der Waals surface area contributed by atoms with Crippen LogP contribution in [0.2, 0.25) is 0 Å². The summed E-state index contributed by atoms with van der Waals surface area (Å²) in [7, 11) is 0. The average molecular weight is 392 g/mol. The fourth-order valence-corrected chi connectivity index (χ4v) is 4.22. The Morgan fingerprint density at radius 3 is 2.38 bits per heavy atom. The molecule has 2 unspecified atom stereocenters. The lowest BCUT2D eigenvalue weighted by atomic mass is 9.81. The molecule has 2 aromatic carbocycles. The second kappa shape index (κ2) is 7.54. The molecular weight excluding hydrogens is 364 g/mol. The Labute approximate surface area is 172 Å². The van der Waals surface area contributed by atoms with Crippen molar-refractivity contribution in [1.82, 2.24) is 9.80 Å². The Bertz CT molecular complexity index is 904. The zero-order valence-corrected chi connectivity index (χ0v) is 17.3. The van der Waals surface area contributed by atoms with Gasteiger partial charge < -0.3 is 14.5 Å². The lowest BCUT2D eigenvalue weighted by Crippen LogP contribution is -2.66. The van der Waals surface area contributed by atoms with Crippen molar-refractivity contribution >= 4 is 12.0 Å². The lowest BCUT2D eigenvalue weighted by Gasteiger charge is -2.53. The maximum atomic E-state index is 13.4. The number of piperidine rings is 1. The fourth-order valence-electron chi connectivity index (χ4n) is 4.22. The van der Waals surface area contributed by atoms with E-state index in [1.165, 1.54) is 0 Å². The van der Waals surface area contributed by atoms with E-state index in [0.717, 1.165) is 24.1 Å². The largest absolute Gasteiger partial charge is 0.444 e. The van der Waals surface area contributed by atoms with E-state index in [0.29, 0.717) is 24.6 Å². The minimum absolute atomic E-state index is 0.0386. The van der Waals surface area contributed by atoms with Crippen LogP contribution in [0.4, 0.5) is 4.79 Å². The second-order valence-corrected chi connectivity index (χ2v) is 8.91. The smallest absolute Gasteiger partial charge is 0.410 e. The normalized spacial score (nSPS) is 21.2. The first-order chi connectivity index (χ1) is 13.8. The lowest BCUT2D eigenvalue weighted by molar-refractivity contribution is -0.0385. The van der Waals surface area contributed by atoms with E-state index in [-0.39, 0.29) is 18.0 Å². The molecule has 152 valence electrons. The molecule has 2 amide bonds. The molecule has 2 aliphatic rings. The van der Waals surface area contributed by atoms with Crippen molar-refractivity contribution in [2.45, 2.75) is 38.8 Å². The van der Waals surface area contributed by atoms with Crippen LogP contribution in [-0.2, 0) is 4.74 Å². The molecule has 0 N–H and O–H groups in total. The number of likely N-dealkylation sites (tertiary alicyclic amines) is 2. The van der Waals surface area contributed by atoms with Gasteiger partial charge in [0.25, 0.3) is 5.91 Å². The van der Waals surface area contributed by atoms with Crippen LogP contribution < -0.4 is 0 Å². The fraction of sp³-hybridized carbons (Fsp3) is 0.417. The van der Waals surface area contributed by atoms with Gasteiger partial charge in [-0.1, -0.05) is 48.5 Å². The van der Waals surface area contributed by atoms with Gasteiger partial charge in [0.05, 0.1) is 6.04 Å². The molecule has 2 saturated heterocycles. The topological polar surface area (TPSA) is 49.9 Å². The first-order valence-corrected chi connectivity index (χ1v) is 10.3. The summed E-state index contributed by atoms with van der Waals surface area (Å²) in [6.45, 7) is 7.61. The molecule has 2 aliphatic heterocycles. The monoisotopic (exact) mass is 392 g/mol. The maximum absolute atomic E-state index is 13.4. The second-order valence-electron chi connectivity index (χ2n) is 8.91. The first kappa shape index (κ1) is 19.5. The summed E-state index contributed by atoms with van der Waals surface area (Å²) >= 11 is 0. The number of benzene rings is 2. The Hall–Kier alpha value is -2.82. The summed E-state index contributed by atoms with van der Waals surface area (Å²) < 4.78 is 5.53. The number of carbonyl (C=O) groups excluding carboxylic acids is 2. The van der Waals surface area contributed by atoms with Gasteiger partial charge >= 0.3 is 6.09 Å². The van der Waals surface area contributed by atoms with E-state index in [4.69, 9.17) is 4.74 Å². The molecule has 0 saturated carbocycles. The molecule has 4 rings (SSSR count). The van der Waals surface area contributed by atoms with Gasteiger partial charge in [0.2, 0.25) is 0 Å². The number of fused-ring (bicyclic) bond motifs is 1. The summed E-state index contributed by atoms with van der Waals surface area (Å²) in [5, 5.41) is 0. The van der Waals surface area contributed by atoms with Crippen molar-refractivity contribution < 1.29 is 14.3 Å². The van der Waals surface area contributed by atoms with Crippen molar-refractivity contribution in [3.63, 3.8) is 0 Å². The van der Waals surface area contributed by atoms with E-state index in [9.17, 15) is 9.59 Å². The van der Waals surface area contributed by atoms with Gasteiger partial charge in [-0.2, -0.15) is 0 Å². The molecule has 0 aromatic heterocycles. The van der Waals surface area contributed by atoms with Crippen molar-refractivity contribution in [1.29, 1.82) is 0 Å². The number of nitrogens with zero attached hydrogens (tertiary/aromatic N) is 2. The van der Waals surface area contributed by atoms with E-state index < -0.39 is 5.60 Å². The number of amides is 2. The van der Waals surface area contributed by atoms with Crippen LogP contribution in [0.25, 0.3) is 11.1 Å². The minimum Gasteiger partial charge on any atom is -0.444 e. The molecule has 2 atom stereocenters. The van der Waals surface area contributed by atoms with Crippen LogP contribution in [0.3, 0.4) is 0 Å². The van der Waals surface area contributed by atoms with Crippen molar-refractivity contribution in [3.05, 3.63) is 60.2 Å². The van der Waals surface area contributed by atoms with Gasteiger partial charge in [-0.05, 0) is 44.4 Å². The first-order valence-electron chi connectivity index (χ1n) is 10.3. The molecule has 5 heteroatoms. The molecule has 2 fully saturated rings. The number of rotatable bonds is 2. The molecule has 2 heterocycles. The van der Waals surface area contributed by atoms with Gasteiger partial charge in [0, 0.05) is 31.1 Å². The van der Waals surface area contributed by atoms with E-state index in [1.54, 1.807) is 4.90 Å². The van der Waals surface area contributed by atoms with Crippen LogP contribution in [0, 0.1) is 5.92 Å². The molecule has 5 nitrogen and oxygen atoms in total. The SMILES string of the molecule is CC(C)(C)OC(=O)N1CCC2CN(C(=O)c3ccccc3-c3ccccc3)C2C1. The molecule has 0 spiro atoms. The Morgan fingerprint density at radius 1 is 0.966 bits per heavy atom. The van der Waals surface area contributed by atoms with E-state index >= 15 is 0 Å². The van der Waals surface area contributed by atoms with Gasteiger partial charge in [-0.25, -0.2) is 4.79 Å².